The van der Waals surface area contributed by atoms with Gasteiger partial charge in [0.25, 0.3) is 0 Å². The number of anilines is 2. The lowest BCUT2D eigenvalue weighted by Crippen LogP contribution is -2.26. The van der Waals surface area contributed by atoms with Gasteiger partial charge in [0.05, 0.1) is 18.7 Å². The molecule has 0 spiro atoms. The van der Waals surface area contributed by atoms with Crippen molar-refractivity contribution < 1.29 is 18.4 Å². The Balaban J connectivity index is 2.48. The largest absolute Gasteiger partial charge is 0.397 e. The molecule has 2 N–H and O–H groups in total. The van der Waals surface area contributed by atoms with E-state index in [0.29, 0.717) is 6.07 Å². The van der Waals surface area contributed by atoms with Crippen molar-refractivity contribution in [2.24, 2.45) is 0 Å². The zero-order valence-corrected chi connectivity index (χ0v) is 8.17. The first kappa shape index (κ1) is 10.5. The maximum Gasteiger partial charge on any atom is 0.235 e. The van der Waals surface area contributed by atoms with E-state index in [2.05, 4.69) is 0 Å². The minimum atomic E-state index is -0.944. The Morgan fingerprint density at radius 3 is 2.44 bits per heavy atom. The fourth-order valence-corrected chi connectivity index (χ4v) is 1.66. The summed E-state index contributed by atoms with van der Waals surface area (Å²) in [6.45, 7) is -0.217. The van der Waals surface area contributed by atoms with E-state index in [-0.39, 0.29) is 30.1 Å². The normalized spacial score (nSPS) is 16.0. The molecule has 1 aliphatic rings. The third-order valence-electron chi connectivity index (χ3n) is 2.31. The van der Waals surface area contributed by atoms with Crippen molar-refractivity contribution in [1.82, 2.24) is 0 Å². The summed E-state index contributed by atoms with van der Waals surface area (Å²) in [7, 11) is 0. The molecule has 1 aliphatic heterocycles. The van der Waals surface area contributed by atoms with Gasteiger partial charge in [0.15, 0.2) is 11.6 Å². The zero-order valence-electron chi connectivity index (χ0n) is 8.17. The van der Waals surface area contributed by atoms with Crippen molar-refractivity contribution in [3.63, 3.8) is 0 Å². The molecule has 0 aliphatic carbocycles. The molecule has 1 fully saturated rings. The van der Waals surface area contributed by atoms with Gasteiger partial charge in [0.1, 0.15) is 11.5 Å². The number of ketones is 1. The fraction of sp³-hybridized carbons (Fsp3) is 0.200. The minimum absolute atomic E-state index is 0.194. The molecule has 0 saturated carbocycles. The van der Waals surface area contributed by atoms with E-state index in [9.17, 15) is 18.4 Å². The molecule has 0 bridgehead atoms. The summed E-state index contributed by atoms with van der Waals surface area (Å²) < 4.78 is 26.2. The number of hydrogen-bond acceptors (Lipinski definition) is 3. The van der Waals surface area contributed by atoms with Crippen LogP contribution in [0.1, 0.15) is 6.42 Å². The Kier molecular flexibility index (Phi) is 2.34. The van der Waals surface area contributed by atoms with Crippen LogP contribution in [-0.4, -0.2) is 18.2 Å². The molecule has 0 radical (unpaired) electrons. The van der Waals surface area contributed by atoms with Gasteiger partial charge in [-0.05, 0) is 6.07 Å². The number of amides is 1. The summed E-state index contributed by atoms with van der Waals surface area (Å²) in [6, 6.07) is 1.54. The lowest BCUT2D eigenvalue weighted by Gasteiger charge is -2.17. The van der Waals surface area contributed by atoms with E-state index >= 15 is 0 Å². The summed E-state index contributed by atoms with van der Waals surface area (Å²) >= 11 is 0. The molecular formula is C10H8F2N2O2. The Bertz CT molecular complexity index is 465. The van der Waals surface area contributed by atoms with Crippen molar-refractivity contribution in [3.8, 4) is 0 Å². The van der Waals surface area contributed by atoms with Crippen LogP contribution >= 0.6 is 0 Å². The highest BCUT2D eigenvalue weighted by Crippen LogP contribution is 2.30. The van der Waals surface area contributed by atoms with Crippen LogP contribution in [0.4, 0.5) is 20.2 Å². The number of nitrogens with zero attached hydrogens (tertiary/aromatic N) is 1. The summed E-state index contributed by atoms with van der Waals surface area (Å²) in [4.78, 5) is 23.3. The van der Waals surface area contributed by atoms with Gasteiger partial charge in [-0.3, -0.25) is 9.59 Å². The monoisotopic (exact) mass is 226 g/mol. The van der Waals surface area contributed by atoms with E-state index in [4.69, 9.17) is 5.73 Å². The molecule has 4 nitrogen and oxygen atoms in total. The summed E-state index contributed by atoms with van der Waals surface area (Å²) in [6.07, 6.45) is -0.268. The molecule has 0 unspecified atom stereocenters. The van der Waals surface area contributed by atoms with E-state index in [1.165, 1.54) is 0 Å². The van der Waals surface area contributed by atoms with Crippen molar-refractivity contribution in [2.75, 3.05) is 17.2 Å². The van der Waals surface area contributed by atoms with Crippen LogP contribution in [0.25, 0.3) is 0 Å². The molecule has 16 heavy (non-hydrogen) atoms. The quantitative estimate of drug-likeness (QED) is 0.570. The van der Waals surface area contributed by atoms with Gasteiger partial charge in [-0.2, -0.15) is 0 Å². The Morgan fingerprint density at radius 1 is 1.25 bits per heavy atom. The number of carbonyl (C=O) groups excluding carboxylic acids is 2. The number of halogens is 2. The van der Waals surface area contributed by atoms with Crippen LogP contribution in [0.3, 0.4) is 0 Å². The molecule has 0 aromatic heterocycles. The highest BCUT2D eigenvalue weighted by Gasteiger charge is 2.31. The second-order valence-electron chi connectivity index (χ2n) is 3.52. The van der Waals surface area contributed by atoms with Gasteiger partial charge in [-0.15, -0.1) is 0 Å². The lowest BCUT2D eigenvalue weighted by molar-refractivity contribution is -0.121. The molecule has 6 heteroatoms. The van der Waals surface area contributed by atoms with Gasteiger partial charge in [0.2, 0.25) is 5.91 Å². The second kappa shape index (κ2) is 3.55. The SMILES string of the molecule is Nc1cc(F)cc(F)c1N1CC(=O)CC1=O. The van der Waals surface area contributed by atoms with E-state index in [1.807, 2.05) is 0 Å². The zero-order chi connectivity index (χ0) is 11.9. The van der Waals surface area contributed by atoms with Crippen LogP contribution in [0.5, 0.6) is 0 Å². The molecule has 1 aromatic carbocycles. The van der Waals surface area contributed by atoms with Crippen molar-refractivity contribution in [3.05, 3.63) is 23.8 Å². The van der Waals surface area contributed by atoms with Crippen LogP contribution in [0, 0.1) is 11.6 Å². The topological polar surface area (TPSA) is 63.4 Å². The van der Waals surface area contributed by atoms with Crippen LogP contribution in [-0.2, 0) is 9.59 Å². The predicted octanol–water partition coefficient (Wildman–Crippen LogP) is 0.853. The molecule has 1 aromatic rings. The molecule has 1 amide bonds. The number of hydrogen-bond donors (Lipinski definition) is 1. The van der Waals surface area contributed by atoms with Crippen LogP contribution < -0.4 is 10.6 Å². The van der Waals surface area contributed by atoms with Crippen molar-refractivity contribution in [1.29, 1.82) is 0 Å². The third kappa shape index (κ3) is 1.62. The summed E-state index contributed by atoms with van der Waals surface area (Å²) in [5.41, 5.74) is 5.01. The van der Waals surface area contributed by atoms with Crippen LogP contribution in [0.15, 0.2) is 12.1 Å². The maximum absolute atomic E-state index is 13.4. The number of nitrogen functional groups attached to an aromatic ring is 1. The number of carbonyl (C=O) groups is 2. The van der Waals surface area contributed by atoms with Crippen LogP contribution in [0.2, 0.25) is 0 Å². The number of benzene rings is 1. The average molecular weight is 226 g/mol. The van der Waals surface area contributed by atoms with Gasteiger partial charge in [0, 0.05) is 6.07 Å². The number of nitrogens with two attached hydrogens (primary N) is 1. The van der Waals surface area contributed by atoms with Crippen molar-refractivity contribution >= 4 is 23.1 Å². The first-order chi connectivity index (χ1) is 7.49. The van der Waals surface area contributed by atoms with E-state index < -0.39 is 17.5 Å². The highest BCUT2D eigenvalue weighted by molar-refractivity contribution is 6.16. The summed E-state index contributed by atoms with van der Waals surface area (Å²) in [5, 5.41) is 0. The van der Waals surface area contributed by atoms with E-state index in [1.54, 1.807) is 0 Å². The molecule has 1 heterocycles. The number of Topliss-reactive ketones (excluding diaryl/α,β-unsaturated/α-hetero) is 1. The first-order valence-electron chi connectivity index (χ1n) is 4.55. The second-order valence-corrected chi connectivity index (χ2v) is 3.52. The first-order valence-corrected chi connectivity index (χ1v) is 4.55. The molecule has 2 rings (SSSR count). The molecule has 84 valence electrons. The van der Waals surface area contributed by atoms with Gasteiger partial charge >= 0.3 is 0 Å². The van der Waals surface area contributed by atoms with Crippen molar-refractivity contribution in [2.45, 2.75) is 6.42 Å². The smallest absolute Gasteiger partial charge is 0.235 e. The Hall–Kier alpha value is -1.98. The fourth-order valence-electron chi connectivity index (χ4n) is 1.66. The number of rotatable bonds is 1. The van der Waals surface area contributed by atoms with Gasteiger partial charge in [-0.1, -0.05) is 0 Å². The molecule has 0 atom stereocenters. The van der Waals surface area contributed by atoms with Gasteiger partial charge < -0.3 is 10.6 Å². The average Bonchev–Trinajstić information content (AvgIpc) is 2.43. The van der Waals surface area contributed by atoms with Gasteiger partial charge in [-0.25, -0.2) is 8.78 Å². The molecule has 1 saturated heterocycles. The third-order valence-corrected chi connectivity index (χ3v) is 2.31. The Labute approximate surface area is 89.6 Å². The standard InChI is InChI=1S/C10H8F2N2O2/c11-5-1-7(12)10(8(13)2-5)14-4-6(15)3-9(14)16/h1-2H,3-4,13H2. The Morgan fingerprint density at radius 2 is 1.94 bits per heavy atom. The maximum atomic E-state index is 13.4. The highest BCUT2D eigenvalue weighted by atomic mass is 19.1. The van der Waals surface area contributed by atoms with E-state index in [0.717, 1.165) is 11.0 Å². The lowest BCUT2D eigenvalue weighted by atomic mass is 10.2. The predicted molar refractivity (Wildman–Crippen MR) is 52.7 cm³/mol. The minimum Gasteiger partial charge on any atom is -0.397 e. The summed E-state index contributed by atoms with van der Waals surface area (Å²) in [5.74, 6) is -2.60. The molecular weight excluding hydrogens is 218 g/mol.